The maximum absolute atomic E-state index is 10.9. The Hall–Kier alpha value is -0.570. The molecule has 70 valence electrons. The van der Waals surface area contributed by atoms with Crippen LogP contribution in [0.4, 0.5) is 0 Å². The van der Waals surface area contributed by atoms with Crippen molar-refractivity contribution in [3.8, 4) is 0 Å². The van der Waals surface area contributed by atoms with E-state index in [9.17, 15) is 4.79 Å². The minimum absolute atomic E-state index is 0.576. The van der Waals surface area contributed by atoms with Crippen LogP contribution in [0.25, 0.3) is 0 Å². The molecule has 2 atom stereocenters. The predicted molar refractivity (Wildman–Crippen MR) is 47.1 cm³/mol. The van der Waals surface area contributed by atoms with E-state index < -0.39 is 11.5 Å². The summed E-state index contributed by atoms with van der Waals surface area (Å²) in [5.74, 6) is -0.145. The van der Waals surface area contributed by atoms with E-state index in [-0.39, 0.29) is 0 Å². The minimum atomic E-state index is -0.722. The lowest BCUT2D eigenvalue weighted by atomic mass is 9.82. The fraction of sp³-hybridized carbons (Fsp3) is 0.889. The Morgan fingerprint density at radius 1 is 1.75 bits per heavy atom. The molecule has 1 rings (SSSR count). The van der Waals surface area contributed by atoms with Crippen LogP contribution in [-0.4, -0.2) is 23.2 Å². The molecule has 3 heteroatoms. The van der Waals surface area contributed by atoms with Gasteiger partial charge in [0.2, 0.25) is 0 Å². The molecule has 0 spiro atoms. The molecular formula is C9H17NO2. The summed E-state index contributed by atoms with van der Waals surface area (Å²) in [6, 6.07) is 0. The number of carboxylic acid groups (broad SMARTS) is 1. The molecule has 0 aromatic heterocycles. The van der Waals surface area contributed by atoms with Crippen molar-refractivity contribution < 1.29 is 9.90 Å². The molecule has 0 bridgehead atoms. The van der Waals surface area contributed by atoms with Crippen molar-refractivity contribution in [3.63, 3.8) is 0 Å². The summed E-state index contributed by atoms with van der Waals surface area (Å²) in [6.45, 7) is 4.73. The lowest BCUT2D eigenvalue weighted by Crippen LogP contribution is -2.54. The van der Waals surface area contributed by atoms with E-state index in [4.69, 9.17) is 5.11 Å². The van der Waals surface area contributed by atoms with Gasteiger partial charge >= 0.3 is 5.97 Å². The molecule has 0 amide bonds. The standard InChI is InChI=1S/C9H17NO2/c1-3-7-4-5-10-9(2,6-7)8(11)12/h7,10H,3-6H2,1-2H3,(H,11,12). The predicted octanol–water partition coefficient (Wildman–Crippen LogP) is 1.24. The molecule has 0 aromatic rings. The number of nitrogens with one attached hydrogen (secondary N) is 1. The highest BCUT2D eigenvalue weighted by Crippen LogP contribution is 2.26. The summed E-state index contributed by atoms with van der Waals surface area (Å²) < 4.78 is 0. The molecule has 0 saturated carbocycles. The molecule has 1 fully saturated rings. The molecule has 1 heterocycles. The first-order valence-electron chi connectivity index (χ1n) is 4.57. The third-order valence-corrected chi connectivity index (χ3v) is 2.81. The van der Waals surface area contributed by atoms with Gasteiger partial charge in [0.05, 0.1) is 0 Å². The van der Waals surface area contributed by atoms with Crippen molar-refractivity contribution in [3.05, 3.63) is 0 Å². The van der Waals surface area contributed by atoms with Crippen molar-refractivity contribution in [1.82, 2.24) is 5.32 Å². The van der Waals surface area contributed by atoms with Gasteiger partial charge in [-0.2, -0.15) is 0 Å². The smallest absolute Gasteiger partial charge is 0.323 e. The molecule has 12 heavy (non-hydrogen) atoms. The zero-order valence-corrected chi connectivity index (χ0v) is 7.76. The second kappa shape index (κ2) is 3.44. The van der Waals surface area contributed by atoms with Crippen molar-refractivity contribution in [2.75, 3.05) is 6.54 Å². The van der Waals surface area contributed by atoms with Gasteiger partial charge in [-0.1, -0.05) is 13.3 Å². The Labute approximate surface area is 73.2 Å². The van der Waals surface area contributed by atoms with Crippen molar-refractivity contribution >= 4 is 5.97 Å². The van der Waals surface area contributed by atoms with Gasteiger partial charge < -0.3 is 10.4 Å². The Kier molecular flexibility index (Phi) is 2.73. The Morgan fingerprint density at radius 3 is 2.92 bits per heavy atom. The molecule has 1 aliphatic rings. The molecule has 0 aromatic carbocycles. The van der Waals surface area contributed by atoms with Crippen molar-refractivity contribution in [2.45, 2.75) is 38.6 Å². The van der Waals surface area contributed by atoms with Gasteiger partial charge in [0, 0.05) is 0 Å². The monoisotopic (exact) mass is 171 g/mol. The van der Waals surface area contributed by atoms with Gasteiger partial charge in [0.1, 0.15) is 5.54 Å². The van der Waals surface area contributed by atoms with E-state index >= 15 is 0 Å². The summed E-state index contributed by atoms with van der Waals surface area (Å²) in [5.41, 5.74) is -0.682. The molecule has 0 aliphatic carbocycles. The van der Waals surface area contributed by atoms with Gasteiger partial charge in [-0.05, 0) is 32.2 Å². The van der Waals surface area contributed by atoms with Gasteiger partial charge in [0.25, 0.3) is 0 Å². The zero-order chi connectivity index (χ0) is 9.19. The van der Waals surface area contributed by atoms with Crippen molar-refractivity contribution in [2.24, 2.45) is 5.92 Å². The normalized spacial score (nSPS) is 36.3. The molecule has 2 unspecified atom stereocenters. The minimum Gasteiger partial charge on any atom is -0.480 e. The van der Waals surface area contributed by atoms with Gasteiger partial charge in [-0.25, -0.2) is 0 Å². The molecule has 0 radical (unpaired) electrons. The van der Waals surface area contributed by atoms with Crippen LogP contribution in [0.3, 0.4) is 0 Å². The molecular weight excluding hydrogens is 154 g/mol. The van der Waals surface area contributed by atoms with E-state index in [1.807, 2.05) is 0 Å². The number of rotatable bonds is 2. The Balaban J connectivity index is 2.61. The van der Waals surface area contributed by atoms with E-state index in [0.29, 0.717) is 5.92 Å². The Bertz CT molecular complexity index is 181. The average Bonchev–Trinajstić information content (AvgIpc) is 2.04. The number of hydrogen-bond donors (Lipinski definition) is 2. The van der Waals surface area contributed by atoms with Crippen LogP contribution in [0.15, 0.2) is 0 Å². The number of piperidine rings is 1. The summed E-state index contributed by atoms with van der Waals surface area (Å²) >= 11 is 0. The molecule has 1 aliphatic heterocycles. The third kappa shape index (κ3) is 1.78. The van der Waals surface area contributed by atoms with Gasteiger partial charge in [0.15, 0.2) is 0 Å². The van der Waals surface area contributed by atoms with E-state index in [0.717, 1.165) is 25.8 Å². The van der Waals surface area contributed by atoms with Crippen LogP contribution in [0.5, 0.6) is 0 Å². The quantitative estimate of drug-likeness (QED) is 0.657. The molecule has 3 nitrogen and oxygen atoms in total. The fourth-order valence-electron chi connectivity index (χ4n) is 1.82. The molecule has 2 N–H and O–H groups in total. The second-order valence-electron chi connectivity index (χ2n) is 3.83. The zero-order valence-electron chi connectivity index (χ0n) is 7.76. The van der Waals surface area contributed by atoms with Gasteiger partial charge in [-0.15, -0.1) is 0 Å². The lowest BCUT2D eigenvalue weighted by molar-refractivity contribution is -0.145. The second-order valence-corrected chi connectivity index (χ2v) is 3.83. The lowest BCUT2D eigenvalue weighted by Gasteiger charge is -2.35. The highest BCUT2D eigenvalue weighted by molar-refractivity contribution is 5.78. The average molecular weight is 171 g/mol. The summed E-state index contributed by atoms with van der Waals surface area (Å²) in [5, 5.41) is 12.0. The van der Waals surface area contributed by atoms with Crippen LogP contribution in [-0.2, 0) is 4.79 Å². The van der Waals surface area contributed by atoms with E-state index in [1.54, 1.807) is 6.92 Å². The summed E-state index contributed by atoms with van der Waals surface area (Å²) in [7, 11) is 0. The largest absolute Gasteiger partial charge is 0.480 e. The third-order valence-electron chi connectivity index (χ3n) is 2.81. The summed E-state index contributed by atoms with van der Waals surface area (Å²) in [6.07, 6.45) is 2.96. The first kappa shape index (κ1) is 9.52. The first-order valence-corrected chi connectivity index (χ1v) is 4.57. The maximum Gasteiger partial charge on any atom is 0.323 e. The fourth-order valence-corrected chi connectivity index (χ4v) is 1.82. The highest BCUT2D eigenvalue weighted by atomic mass is 16.4. The van der Waals surface area contributed by atoms with Crippen molar-refractivity contribution in [1.29, 1.82) is 0 Å². The van der Waals surface area contributed by atoms with E-state index in [1.165, 1.54) is 0 Å². The van der Waals surface area contributed by atoms with Crippen LogP contribution in [0.1, 0.15) is 33.1 Å². The van der Waals surface area contributed by atoms with E-state index in [2.05, 4.69) is 12.2 Å². The van der Waals surface area contributed by atoms with Crippen LogP contribution < -0.4 is 5.32 Å². The first-order chi connectivity index (χ1) is 5.58. The van der Waals surface area contributed by atoms with Crippen LogP contribution in [0.2, 0.25) is 0 Å². The van der Waals surface area contributed by atoms with Gasteiger partial charge in [-0.3, -0.25) is 4.79 Å². The molecule has 1 saturated heterocycles. The summed E-state index contributed by atoms with van der Waals surface area (Å²) in [4.78, 5) is 10.9. The number of carbonyl (C=O) groups is 1. The van der Waals surface area contributed by atoms with Crippen LogP contribution in [0, 0.1) is 5.92 Å². The number of aliphatic carboxylic acids is 1. The Morgan fingerprint density at radius 2 is 2.42 bits per heavy atom. The number of carboxylic acids is 1. The highest BCUT2D eigenvalue weighted by Gasteiger charge is 2.37. The maximum atomic E-state index is 10.9. The number of hydrogen-bond acceptors (Lipinski definition) is 2. The SMILES string of the molecule is CCC1CCNC(C)(C(=O)O)C1. The van der Waals surface area contributed by atoms with Crippen LogP contribution >= 0.6 is 0 Å². The topological polar surface area (TPSA) is 49.3 Å².